The van der Waals surface area contributed by atoms with Gasteiger partial charge >= 0.3 is 0 Å². The summed E-state index contributed by atoms with van der Waals surface area (Å²) in [7, 11) is 0. The van der Waals surface area contributed by atoms with Crippen molar-refractivity contribution in [2.75, 3.05) is 25.0 Å². The molecule has 19 heavy (non-hydrogen) atoms. The highest BCUT2D eigenvalue weighted by Crippen LogP contribution is 2.23. The van der Waals surface area contributed by atoms with E-state index in [1.54, 1.807) is 0 Å². The van der Waals surface area contributed by atoms with E-state index in [9.17, 15) is 4.79 Å². The first-order valence-corrected chi connectivity index (χ1v) is 7.00. The van der Waals surface area contributed by atoms with Gasteiger partial charge in [-0.05, 0) is 32.0 Å². The highest BCUT2D eigenvalue weighted by molar-refractivity contribution is 5.92. The quantitative estimate of drug-likeness (QED) is 0.674. The van der Waals surface area contributed by atoms with Gasteiger partial charge in [0.05, 0.1) is 12.3 Å². The minimum absolute atomic E-state index is 0.0103. The predicted molar refractivity (Wildman–Crippen MR) is 78.6 cm³/mol. The summed E-state index contributed by atoms with van der Waals surface area (Å²) in [5, 5.41) is 6.13. The van der Waals surface area contributed by atoms with Crippen LogP contribution in [0.1, 0.15) is 33.1 Å². The Morgan fingerprint density at radius 3 is 2.74 bits per heavy atom. The third kappa shape index (κ3) is 6.25. The average Bonchev–Trinajstić information content (AvgIpc) is 2.41. The minimum atomic E-state index is 0.0103. The number of unbranched alkanes of at least 4 members (excludes halogenated alkanes) is 1. The number of carbonyl (C=O) groups excluding carboxylic acids is 1. The zero-order valence-corrected chi connectivity index (χ0v) is 11.9. The molecule has 4 heteroatoms. The lowest BCUT2D eigenvalue weighted by molar-refractivity contribution is -0.116. The van der Waals surface area contributed by atoms with E-state index < -0.39 is 0 Å². The Morgan fingerprint density at radius 2 is 2.00 bits per heavy atom. The highest BCUT2D eigenvalue weighted by atomic mass is 16.5. The van der Waals surface area contributed by atoms with Crippen LogP contribution >= 0.6 is 0 Å². The fourth-order valence-corrected chi connectivity index (χ4v) is 1.69. The number of hydrogen-bond acceptors (Lipinski definition) is 3. The summed E-state index contributed by atoms with van der Waals surface area (Å²) < 4.78 is 5.47. The molecule has 1 aromatic rings. The van der Waals surface area contributed by atoms with Crippen molar-refractivity contribution < 1.29 is 9.53 Å². The Balaban J connectivity index is 2.35. The Hall–Kier alpha value is -1.55. The number of carbonyl (C=O) groups is 1. The first-order valence-electron chi connectivity index (χ1n) is 7.00. The molecule has 0 saturated heterocycles. The molecular formula is C15H24N2O2. The van der Waals surface area contributed by atoms with Gasteiger partial charge in [0.25, 0.3) is 0 Å². The summed E-state index contributed by atoms with van der Waals surface area (Å²) in [6, 6.07) is 7.50. The van der Waals surface area contributed by atoms with E-state index in [1.807, 2.05) is 31.2 Å². The number of hydrogen-bond donors (Lipinski definition) is 2. The summed E-state index contributed by atoms with van der Waals surface area (Å²) in [6.45, 7) is 6.35. The van der Waals surface area contributed by atoms with Gasteiger partial charge in [-0.25, -0.2) is 0 Å². The number of anilines is 1. The summed E-state index contributed by atoms with van der Waals surface area (Å²) in [4.78, 5) is 11.8. The van der Waals surface area contributed by atoms with E-state index in [-0.39, 0.29) is 5.91 Å². The maximum absolute atomic E-state index is 11.8. The van der Waals surface area contributed by atoms with E-state index in [1.165, 1.54) is 6.42 Å². The standard InChI is InChI=1S/C15H24N2O2/c1-3-5-11-16-12-10-15(18)17-13-8-6-7-9-14(13)19-4-2/h6-9,16H,3-5,10-12H2,1-2H3,(H,17,18). The van der Waals surface area contributed by atoms with Crippen molar-refractivity contribution in [2.24, 2.45) is 0 Å². The molecule has 1 amide bonds. The Bertz CT molecular complexity index is 380. The number of ether oxygens (including phenoxy) is 1. The van der Waals surface area contributed by atoms with Crippen molar-refractivity contribution in [3.05, 3.63) is 24.3 Å². The second-order valence-corrected chi connectivity index (χ2v) is 4.33. The SMILES string of the molecule is CCCCNCCC(=O)Nc1ccccc1OCC. The Kier molecular flexibility index (Phi) is 7.66. The van der Waals surface area contributed by atoms with Gasteiger partial charge in [0.2, 0.25) is 5.91 Å². The van der Waals surface area contributed by atoms with Gasteiger partial charge in [-0.2, -0.15) is 0 Å². The molecule has 0 aliphatic heterocycles. The van der Waals surface area contributed by atoms with E-state index in [0.717, 1.165) is 24.4 Å². The van der Waals surface area contributed by atoms with Crippen LogP contribution in [-0.2, 0) is 4.79 Å². The van der Waals surface area contributed by atoms with Crippen LogP contribution in [0.25, 0.3) is 0 Å². The van der Waals surface area contributed by atoms with Crippen molar-refractivity contribution in [2.45, 2.75) is 33.1 Å². The van der Waals surface area contributed by atoms with Crippen LogP contribution in [0.5, 0.6) is 5.75 Å². The molecule has 0 aliphatic rings. The molecule has 0 aromatic heterocycles. The van der Waals surface area contributed by atoms with Crippen LogP contribution in [0.2, 0.25) is 0 Å². The van der Waals surface area contributed by atoms with Gasteiger partial charge in [-0.3, -0.25) is 4.79 Å². The van der Waals surface area contributed by atoms with Crippen molar-refractivity contribution in [1.29, 1.82) is 0 Å². The van der Waals surface area contributed by atoms with E-state index in [2.05, 4.69) is 17.6 Å². The molecule has 0 atom stereocenters. The number of rotatable bonds is 9. The van der Waals surface area contributed by atoms with Crippen molar-refractivity contribution >= 4 is 11.6 Å². The second-order valence-electron chi connectivity index (χ2n) is 4.33. The molecule has 0 bridgehead atoms. The van der Waals surface area contributed by atoms with E-state index in [0.29, 0.717) is 19.6 Å². The molecule has 106 valence electrons. The van der Waals surface area contributed by atoms with Crippen LogP contribution in [0, 0.1) is 0 Å². The lowest BCUT2D eigenvalue weighted by Gasteiger charge is -2.11. The van der Waals surface area contributed by atoms with Crippen molar-refractivity contribution in [3.63, 3.8) is 0 Å². The second kappa shape index (κ2) is 9.39. The fourth-order valence-electron chi connectivity index (χ4n) is 1.69. The molecule has 1 rings (SSSR count). The molecule has 0 radical (unpaired) electrons. The van der Waals surface area contributed by atoms with Crippen LogP contribution in [-0.4, -0.2) is 25.6 Å². The lowest BCUT2D eigenvalue weighted by atomic mass is 10.2. The molecule has 0 spiro atoms. The normalized spacial score (nSPS) is 10.2. The molecule has 0 fully saturated rings. The van der Waals surface area contributed by atoms with E-state index in [4.69, 9.17) is 4.74 Å². The summed E-state index contributed by atoms with van der Waals surface area (Å²) in [6.07, 6.45) is 2.79. The van der Waals surface area contributed by atoms with Gasteiger partial charge in [0, 0.05) is 13.0 Å². The Labute approximate surface area is 115 Å². The first kappa shape index (κ1) is 15.5. The fraction of sp³-hybridized carbons (Fsp3) is 0.533. The van der Waals surface area contributed by atoms with Gasteiger partial charge in [-0.15, -0.1) is 0 Å². The van der Waals surface area contributed by atoms with Crippen molar-refractivity contribution in [3.8, 4) is 5.75 Å². The molecule has 0 heterocycles. The van der Waals surface area contributed by atoms with Crippen molar-refractivity contribution in [1.82, 2.24) is 5.32 Å². The van der Waals surface area contributed by atoms with Crippen LogP contribution in [0.4, 0.5) is 5.69 Å². The lowest BCUT2D eigenvalue weighted by Crippen LogP contribution is -2.22. The Morgan fingerprint density at radius 1 is 1.21 bits per heavy atom. The molecule has 0 unspecified atom stereocenters. The maximum Gasteiger partial charge on any atom is 0.225 e. The summed E-state index contributed by atoms with van der Waals surface area (Å²) >= 11 is 0. The maximum atomic E-state index is 11.8. The minimum Gasteiger partial charge on any atom is -0.492 e. The number of benzene rings is 1. The van der Waals surface area contributed by atoms with E-state index >= 15 is 0 Å². The molecule has 1 aromatic carbocycles. The van der Waals surface area contributed by atoms with Gasteiger partial charge < -0.3 is 15.4 Å². The van der Waals surface area contributed by atoms with Crippen LogP contribution in [0.15, 0.2) is 24.3 Å². The molecule has 0 aliphatic carbocycles. The number of para-hydroxylation sites is 2. The van der Waals surface area contributed by atoms with Crippen LogP contribution in [0.3, 0.4) is 0 Å². The largest absolute Gasteiger partial charge is 0.492 e. The highest BCUT2D eigenvalue weighted by Gasteiger charge is 2.06. The third-order valence-corrected chi connectivity index (χ3v) is 2.70. The zero-order valence-electron chi connectivity index (χ0n) is 11.9. The van der Waals surface area contributed by atoms with Gasteiger partial charge in [0.15, 0.2) is 0 Å². The van der Waals surface area contributed by atoms with Gasteiger partial charge in [0.1, 0.15) is 5.75 Å². The monoisotopic (exact) mass is 264 g/mol. The zero-order chi connectivity index (χ0) is 13.9. The van der Waals surface area contributed by atoms with Gasteiger partial charge in [-0.1, -0.05) is 25.5 Å². The molecular weight excluding hydrogens is 240 g/mol. The van der Waals surface area contributed by atoms with Crippen LogP contribution < -0.4 is 15.4 Å². The molecule has 0 saturated carbocycles. The number of nitrogens with one attached hydrogen (secondary N) is 2. The predicted octanol–water partition coefficient (Wildman–Crippen LogP) is 2.80. The topological polar surface area (TPSA) is 50.4 Å². The average molecular weight is 264 g/mol. The first-order chi connectivity index (χ1) is 9.27. The third-order valence-electron chi connectivity index (χ3n) is 2.70. The summed E-state index contributed by atoms with van der Waals surface area (Å²) in [5.41, 5.74) is 0.739. The summed E-state index contributed by atoms with van der Waals surface area (Å²) in [5.74, 6) is 0.730. The molecule has 4 nitrogen and oxygen atoms in total. The number of amides is 1. The smallest absolute Gasteiger partial charge is 0.225 e. The molecule has 2 N–H and O–H groups in total.